The molecule has 0 bridgehead atoms. The average Bonchev–Trinajstić information content (AvgIpc) is 3.21. The highest BCUT2D eigenvalue weighted by Gasteiger charge is 2.28. The van der Waals surface area contributed by atoms with Gasteiger partial charge in [0.05, 0.1) is 22.8 Å². The zero-order valence-corrected chi connectivity index (χ0v) is 22.6. The molecule has 0 atom stereocenters. The number of sulfonamides is 1. The predicted octanol–water partition coefficient (Wildman–Crippen LogP) is 5.29. The molecular formula is C27H35FN4O3S. The number of amides is 1. The highest BCUT2D eigenvalue weighted by molar-refractivity contribution is 7.89. The smallest absolute Gasteiger partial charge is 0.243 e. The SMILES string of the molecule is Cc1cccc(-n2nc(C(C)(C)C)cc2NC(=O)CN(CCC(C)C)S(=O)(=O)c2ccc(F)cc2)c1. The third kappa shape index (κ3) is 6.79. The first-order valence-electron chi connectivity index (χ1n) is 12.0. The first-order valence-corrected chi connectivity index (χ1v) is 13.4. The Labute approximate surface area is 213 Å². The van der Waals surface area contributed by atoms with Crippen LogP contribution in [0.3, 0.4) is 0 Å². The molecule has 36 heavy (non-hydrogen) atoms. The molecular weight excluding hydrogens is 479 g/mol. The van der Waals surface area contributed by atoms with E-state index in [0.29, 0.717) is 12.2 Å². The number of aromatic nitrogens is 2. The first kappa shape index (κ1) is 27.5. The van der Waals surface area contributed by atoms with Gasteiger partial charge >= 0.3 is 0 Å². The number of nitrogens with one attached hydrogen (secondary N) is 1. The second kappa shape index (κ2) is 10.9. The minimum absolute atomic E-state index is 0.0553. The van der Waals surface area contributed by atoms with Crippen LogP contribution in [-0.4, -0.2) is 41.5 Å². The minimum Gasteiger partial charge on any atom is -0.309 e. The molecule has 3 aromatic rings. The minimum atomic E-state index is -4.00. The number of halogens is 1. The van der Waals surface area contributed by atoms with Crippen molar-refractivity contribution < 1.29 is 17.6 Å². The fourth-order valence-electron chi connectivity index (χ4n) is 3.58. The molecule has 0 saturated carbocycles. The van der Waals surface area contributed by atoms with Gasteiger partial charge in [-0.3, -0.25) is 4.79 Å². The quantitative estimate of drug-likeness (QED) is 0.420. The van der Waals surface area contributed by atoms with E-state index in [1.807, 2.05) is 71.9 Å². The first-order chi connectivity index (χ1) is 16.8. The van der Waals surface area contributed by atoms with Gasteiger partial charge in [-0.1, -0.05) is 46.8 Å². The number of anilines is 1. The molecule has 2 aromatic carbocycles. The highest BCUT2D eigenvalue weighted by Crippen LogP contribution is 2.27. The number of aryl methyl sites for hydroxylation is 1. The summed E-state index contributed by atoms with van der Waals surface area (Å²) < 4.78 is 42.8. The van der Waals surface area contributed by atoms with Crippen LogP contribution in [-0.2, 0) is 20.2 Å². The fourth-order valence-corrected chi connectivity index (χ4v) is 4.99. The van der Waals surface area contributed by atoms with Crippen LogP contribution in [0.5, 0.6) is 0 Å². The van der Waals surface area contributed by atoms with Crippen LogP contribution in [0.1, 0.15) is 52.3 Å². The van der Waals surface area contributed by atoms with E-state index in [0.717, 1.165) is 33.4 Å². The summed E-state index contributed by atoms with van der Waals surface area (Å²) in [6, 6.07) is 14.2. The van der Waals surface area contributed by atoms with Gasteiger partial charge in [-0.05, 0) is 61.2 Å². The molecule has 0 aliphatic carbocycles. The summed E-state index contributed by atoms with van der Waals surface area (Å²) >= 11 is 0. The Hall–Kier alpha value is -3.04. The van der Waals surface area contributed by atoms with Crippen LogP contribution in [0.25, 0.3) is 5.69 Å². The average molecular weight is 515 g/mol. The molecule has 0 radical (unpaired) electrons. The summed E-state index contributed by atoms with van der Waals surface area (Å²) in [7, 11) is -4.00. The summed E-state index contributed by atoms with van der Waals surface area (Å²) in [6.07, 6.45) is 0.573. The van der Waals surface area contributed by atoms with E-state index < -0.39 is 21.7 Å². The molecule has 9 heteroatoms. The lowest BCUT2D eigenvalue weighted by Crippen LogP contribution is -2.39. The van der Waals surface area contributed by atoms with Crippen LogP contribution in [0.4, 0.5) is 10.2 Å². The van der Waals surface area contributed by atoms with Gasteiger partial charge in [0, 0.05) is 18.0 Å². The molecule has 7 nitrogen and oxygen atoms in total. The maximum absolute atomic E-state index is 13.4. The molecule has 1 amide bonds. The molecule has 0 spiro atoms. The van der Waals surface area contributed by atoms with E-state index in [2.05, 4.69) is 5.32 Å². The Kier molecular flexibility index (Phi) is 8.36. The molecule has 0 fully saturated rings. The summed E-state index contributed by atoms with van der Waals surface area (Å²) in [5, 5.41) is 7.59. The number of hydrogen-bond acceptors (Lipinski definition) is 4. The van der Waals surface area contributed by atoms with E-state index in [9.17, 15) is 17.6 Å². The van der Waals surface area contributed by atoms with Crippen molar-refractivity contribution in [1.29, 1.82) is 0 Å². The third-order valence-electron chi connectivity index (χ3n) is 5.72. The van der Waals surface area contributed by atoms with Gasteiger partial charge in [0.1, 0.15) is 11.6 Å². The van der Waals surface area contributed by atoms with Crippen molar-refractivity contribution in [2.45, 2.75) is 58.3 Å². The van der Waals surface area contributed by atoms with Crippen LogP contribution < -0.4 is 5.32 Å². The van der Waals surface area contributed by atoms with Crippen LogP contribution in [0.15, 0.2) is 59.5 Å². The van der Waals surface area contributed by atoms with Crippen molar-refractivity contribution in [3.63, 3.8) is 0 Å². The van der Waals surface area contributed by atoms with Crippen molar-refractivity contribution in [3.05, 3.63) is 71.7 Å². The summed E-state index contributed by atoms with van der Waals surface area (Å²) in [4.78, 5) is 13.1. The van der Waals surface area contributed by atoms with E-state index >= 15 is 0 Å². The summed E-state index contributed by atoms with van der Waals surface area (Å²) in [5.74, 6) is -0.326. The lowest BCUT2D eigenvalue weighted by Gasteiger charge is -2.22. The standard InChI is InChI=1S/C27H35FN4O3S/c1-19(2)14-15-31(36(34,35)23-12-10-21(28)11-13-23)18-26(33)29-25-17-24(27(4,5)6)30-32(25)22-9-7-8-20(3)16-22/h7-13,16-17,19H,14-15,18H2,1-6H3,(H,29,33). The second-order valence-corrected chi connectivity index (χ2v) is 12.4. The predicted molar refractivity (Wildman–Crippen MR) is 140 cm³/mol. The maximum Gasteiger partial charge on any atom is 0.243 e. The maximum atomic E-state index is 13.4. The Morgan fingerprint density at radius 2 is 1.78 bits per heavy atom. The van der Waals surface area contributed by atoms with Crippen LogP contribution in [0.2, 0.25) is 0 Å². The topological polar surface area (TPSA) is 84.3 Å². The van der Waals surface area contributed by atoms with Crippen molar-refractivity contribution >= 4 is 21.7 Å². The van der Waals surface area contributed by atoms with Crippen molar-refractivity contribution in [1.82, 2.24) is 14.1 Å². The molecule has 0 aliphatic heterocycles. The number of hydrogen-bond donors (Lipinski definition) is 1. The highest BCUT2D eigenvalue weighted by atomic mass is 32.2. The number of carbonyl (C=O) groups is 1. The lowest BCUT2D eigenvalue weighted by atomic mass is 9.92. The van der Waals surface area contributed by atoms with Gasteiger partial charge in [0.2, 0.25) is 15.9 Å². The van der Waals surface area contributed by atoms with Crippen LogP contribution >= 0.6 is 0 Å². The molecule has 3 rings (SSSR count). The second-order valence-electron chi connectivity index (χ2n) is 10.4. The number of rotatable bonds is 9. The molecule has 0 unspecified atom stereocenters. The normalized spacial score (nSPS) is 12.4. The van der Waals surface area contributed by atoms with Gasteiger partial charge in [0.15, 0.2) is 0 Å². The van der Waals surface area contributed by atoms with E-state index in [1.54, 1.807) is 4.68 Å². The van der Waals surface area contributed by atoms with Gasteiger partial charge < -0.3 is 5.32 Å². The van der Waals surface area contributed by atoms with Gasteiger partial charge in [-0.25, -0.2) is 17.5 Å². The number of carbonyl (C=O) groups excluding carboxylic acids is 1. The monoisotopic (exact) mass is 514 g/mol. The Morgan fingerprint density at radius 1 is 1.11 bits per heavy atom. The summed E-state index contributed by atoms with van der Waals surface area (Å²) in [6.45, 7) is 11.8. The summed E-state index contributed by atoms with van der Waals surface area (Å²) in [5.41, 5.74) is 2.36. The lowest BCUT2D eigenvalue weighted by molar-refractivity contribution is -0.116. The van der Waals surface area contributed by atoms with Crippen molar-refractivity contribution in [2.75, 3.05) is 18.4 Å². The largest absolute Gasteiger partial charge is 0.309 e. The Bertz CT molecular complexity index is 1310. The van der Waals surface area contributed by atoms with E-state index in [1.165, 1.54) is 12.1 Å². The molecule has 194 valence electrons. The number of nitrogens with zero attached hydrogens (tertiary/aromatic N) is 3. The van der Waals surface area contributed by atoms with E-state index in [4.69, 9.17) is 5.10 Å². The number of benzene rings is 2. The Balaban J connectivity index is 1.92. The molecule has 1 aromatic heterocycles. The third-order valence-corrected chi connectivity index (χ3v) is 7.58. The van der Waals surface area contributed by atoms with E-state index in [-0.39, 0.29) is 29.3 Å². The van der Waals surface area contributed by atoms with Gasteiger partial charge in [-0.2, -0.15) is 9.40 Å². The zero-order valence-electron chi connectivity index (χ0n) is 21.7. The van der Waals surface area contributed by atoms with Gasteiger partial charge in [-0.15, -0.1) is 0 Å². The van der Waals surface area contributed by atoms with Gasteiger partial charge in [0.25, 0.3) is 0 Å². The molecule has 1 heterocycles. The van der Waals surface area contributed by atoms with Crippen LogP contribution in [0, 0.1) is 18.7 Å². The van der Waals surface area contributed by atoms with Crippen molar-refractivity contribution in [2.24, 2.45) is 5.92 Å². The Morgan fingerprint density at radius 3 is 2.36 bits per heavy atom. The molecule has 0 aliphatic rings. The molecule has 0 saturated heterocycles. The van der Waals surface area contributed by atoms with Crippen molar-refractivity contribution in [3.8, 4) is 5.69 Å². The fraction of sp³-hybridized carbons (Fsp3) is 0.407. The zero-order chi connectivity index (χ0) is 26.7. The molecule has 1 N–H and O–H groups in total.